The molecule has 0 saturated heterocycles. The third kappa shape index (κ3) is 3.81. The minimum Gasteiger partial charge on any atom is -0.382 e. The number of carbonyl (C=O) groups excluding carboxylic acids is 1. The molecule has 11 heteroatoms. The highest BCUT2D eigenvalue weighted by Crippen LogP contribution is 2.48. The largest absolute Gasteiger partial charge is 0.382 e. The summed E-state index contributed by atoms with van der Waals surface area (Å²) in [6, 6.07) is 4.59. The van der Waals surface area contributed by atoms with Gasteiger partial charge in [0.05, 0.1) is 29.8 Å². The van der Waals surface area contributed by atoms with Gasteiger partial charge in [0.1, 0.15) is 11.3 Å². The van der Waals surface area contributed by atoms with Crippen molar-refractivity contribution in [3.8, 4) is 11.1 Å². The SMILES string of the molecule is Cn1cc2c3c(c[nH]c3c1=O)CN(c1ncc(F)cc1F)c1cc3c(cc1-2)NCCN3C(=O)CCCCN. The van der Waals surface area contributed by atoms with Gasteiger partial charge in [0.25, 0.3) is 5.56 Å². The van der Waals surface area contributed by atoms with E-state index in [2.05, 4.69) is 15.3 Å². The van der Waals surface area contributed by atoms with Crippen LogP contribution in [-0.4, -0.2) is 40.1 Å². The fraction of sp³-hybridized carbons (Fsp3) is 0.296. The normalized spacial score (nSPS) is 14.2. The number of aryl methyl sites for hydroxylation is 1. The number of rotatable bonds is 5. The fourth-order valence-corrected chi connectivity index (χ4v) is 5.43. The average Bonchev–Trinajstić information content (AvgIpc) is 3.27. The standard InChI is InChI=1S/C27H27F2N7O2/c1-34-14-18-17-9-20-22(35(7-6-31-20)23(37)4-2-3-5-30)10-21(17)36(26-19(29)8-16(28)12-33-26)13-15-11-32-25(24(15)18)27(34)38/h8-12,14,31-32H,2-7,13,30H2,1H3. The molecule has 38 heavy (non-hydrogen) atoms. The summed E-state index contributed by atoms with van der Waals surface area (Å²) in [7, 11) is 1.68. The third-order valence-electron chi connectivity index (χ3n) is 7.24. The van der Waals surface area contributed by atoms with Crippen LogP contribution in [0.2, 0.25) is 0 Å². The Labute approximate surface area is 216 Å². The Morgan fingerprint density at radius 3 is 2.79 bits per heavy atom. The van der Waals surface area contributed by atoms with Crippen LogP contribution in [0.5, 0.6) is 0 Å². The van der Waals surface area contributed by atoms with Crippen molar-refractivity contribution in [1.29, 1.82) is 0 Å². The van der Waals surface area contributed by atoms with Crippen LogP contribution in [0.3, 0.4) is 0 Å². The Morgan fingerprint density at radius 1 is 1.16 bits per heavy atom. The number of nitrogens with zero attached hydrogens (tertiary/aromatic N) is 4. The summed E-state index contributed by atoms with van der Waals surface area (Å²) in [5, 5.41) is 4.13. The molecular formula is C27H27F2N7O2. The lowest BCUT2D eigenvalue weighted by molar-refractivity contribution is -0.118. The first-order valence-electron chi connectivity index (χ1n) is 12.6. The minimum absolute atomic E-state index is 0.0107. The van der Waals surface area contributed by atoms with Crippen LogP contribution < -0.4 is 26.4 Å². The Hall–Kier alpha value is -4.25. The van der Waals surface area contributed by atoms with Gasteiger partial charge in [-0.2, -0.15) is 0 Å². The summed E-state index contributed by atoms with van der Waals surface area (Å²) >= 11 is 0. The number of benzene rings is 1. The maximum absolute atomic E-state index is 15.2. The van der Waals surface area contributed by atoms with Gasteiger partial charge >= 0.3 is 0 Å². The van der Waals surface area contributed by atoms with Gasteiger partial charge in [0.2, 0.25) is 5.91 Å². The smallest absolute Gasteiger partial charge is 0.274 e. The van der Waals surface area contributed by atoms with Gasteiger partial charge in [0.15, 0.2) is 11.6 Å². The number of unbranched alkanes of at least 4 members (excludes halogenated alkanes) is 1. The number of amides is 1. The molecule has 0 fully saturated rings. The molecule has 0 spiro atoms. The first kappa shape index (κ1) is 24.1. The third-order valence-corrected chi connectivity index (χ3v) is 7.24. The van der Waals surface area contributed by atoms with Crippen LogP contribution in [0, 0.1) is 11.6 Å². The number of nitrogens with two attached hydrogens (primary N) is 1. The molecule has 4 aromatic rings. The van der Waals surface area contributed by atoms with Crippen LogP contribution in [0.4, 0.5) is 31.7 Å². The molecule has 3 aromatic heterocycles. The van der Waals surface area contributed by atoms with Gasteiger partial charge in [0, 0.05) is 61.5 Å². The monoisotopic (exact) mass is 519 g/mol. The maximum atomic E-state index is 15.2. The number of aromatic amines is 1. The van der Waals surface area contributed by atoms with E-state index in [4.69, 9.17) is 5.73 Å². The molecule has 9 nitrogen and oxygen atoms in total. The number of carbonyl (C=O) groups is 1. The molecule has 2 aliphatic rings. The second-order valence-corrected chi connectivity index (χ2v) is 9.67. The van der Waals surface area contributed by atoms with Crippen LogP contribution in [0.25, 0.3) is 22.0 Å². The summed E-state index contributed by atoms with van der Waals surface area (Å²) in [4.78, 5) is 36.7. The van der Waals surface area contributed by atoms with Crippen LogP contribution in [-0.2, 0) is 18.4 Å². The van der Waals surface area contributed by atoms with E-state index in [1.54, 1.807) is 29.2 Å². The molecule has 196 valence electrons. The number of H-pyrrole nitrogens is 1. The maximum Gasteiger partial charge on any atom is 0.274 e. The summed E-state index contributed by atoms with van der Waals surface area (Å²) in [6.45, 7) is 1.77. The number of halogens is 2. The molecule has 0 radical (unpaired) electrons. The van der Waals surface area contributed by atoms with E-state index < -0.39 is 11.6 Å². The zero-order valence-corrected chi connectivity index (χ0v) is 20.9. The molecule has 0 bridgehead atoms. The summed E-state index contributed by atoms with van der Waals surface area (Å²) in [5.41, 5.74) is 10.2. The molecule has 2 aliphatic heterocycles. The molecule has 5 heterocycles. The zero-order chi connectivity index (χ0) is 26.6. The molecule has 1 aromatic carbocycles. The Bertz CT molecular complexity index is 1640. The minimum atomic E-state index is -0.811. The number of hydrogen-bond donors (Lipinski definition) is 3. The number of hydrogen-bond acceptors (Lipinski definition) is 6. The van der Waals surface area contributed by atoms with Crippen LogP contribution in [0.15, 0.2) is 41.6 Å². The quantitative estimate of drug-likeness (QED) is 0.346. The van der Waals surface area contributed by atoms with Crippen LogP contribution in [0.1, 0.15) is 24.8 Å². The van der Waals surface area contributed by atoms with Gasteiger partial charge in [-0.25, -0.2) is 13.8 Å². The molecule has 0 saturated carbocycles. The first-order valence-corrected chi connectivity index (χ1v) is 12.6. The molecule has 1 amide bonds. The number of anilines is 4. The number of pyridine rings is 2. The summed E-state index contributed by atoms with van der Waals surface area (Å²) < 4.78 is 30.5. The fourth-order valence-electron chi connectivity index (χ4n) is 5.43. The molecule has 0 unspecified atom stereocenters. The van der Waals surface area contributed by atoms with Crippen molar-refractivity contribution < 1.29 is 13.6 Å². The molecule has 0 aliphatic carbocycles. The lowest BCUT2D eigenvalue weighted by atomic mass is 9.98. The summed E-state index contributed by atoms with van der Waals surface area (Å²) in [6.07, 6.45) is 6.32. The number of fused-ring (bicyclic) bond motifs is 3. The van der Waals surface area contributed by atoms with Crippen molar-refractivity contribution in [2.24, 2.45) is 12.8 Å². The molecule has 4 N–H and O–H groups in total. The van der Waals surface area contributed by atoms with E-state index >= 15 is 4.39 Å². The van der Waals surface area contributed by atoms with Crippen molar-refractivity contribution in [3.05, 3.63) is 64.3 Å². The van der Waals surface area contributed by atoms with E-state index in [0.717, 1.165) is 46.4 Å². The zero-order valence-electron chi connectivity index (χ0n) is 20.9. The molecular weight excluding hydrogens is 492 g/mol. The van der Waals surface area contributed by atoms with Gasteiger partial charge in [-0.1, -0.05) is 0 Å². The van der Waals surface area contributed by atoms with Crippen molar-refractivity contribution in [3.63, 3.8) is 0 Å². The second-order valence-electron chi connectivity index (χ2n) is 9.67. The van der Waals surface area contributed by atoms with Crippen LogP contribution >= 0.6 is 0 Å². The van der Waals surface area contributed by atoms with E-state index in [-0.39, 0.29) is 23.8 Å². The van der Waals surface area contributed by atoms with Crippen molar-refractivity contribution >= 4 is 39.7 Å². The van der Waals surface area contributed by atoms with Gasteiger partial charge in [-0.3, -0.25) is 9.59 Å². The van der Waals surface area contributed by atoms with Crippen molar-refractivity contribution in [2.75, 3.05) is 34.8 Å². The predicted octanol–water partition coefficient (Wildman–Crippen LogP) is 3.75. The van der Waals surface area contributed by atoms with Gasteiger partial charge in [-0.05, 0) is 37.1 Å². The Balaban J connectivity index is 1.59. The van der Waals surface area contributed by atoms with E-state index in [1.807, 2.05) is 12.1 Å². The summed E-state index contributed by atoms with van der Waals surface area (Å²) in [5.74, 6) is -1.65. The van der Waals surface area contributed by atoms with E-state index in [1.165, 1.54) is 4.57 Å². The highest BCUT2D eigenvalue weighted by molar-refractivity contribution is 6.06. The first-order chi connectivity index (χ1) is 18.4. The van der Waals surface area contributed by atoms with Gasteiger partial charge < -0.3 is 30.4 Å². The topological polar surface area (TPSA) is 112 Å². The number of nitrogens with one attached hydrogen (secondary N) is 2. The van der Waals surface area contributed by atoms with Crippen molar-refractivity contribution in [1.82, 2.24) is 14.5 Å². The predicted molar refractivity (Wildman–Crippen MR) is 143 cm³/mol. The van der Waals surface area contributed by atoms with Gasteiger partial charge in [-0.15, -0.1) is 0 Å². The molecule has 0 atom stereocenters. The Kier molecular flexibility index (Phi) is 5.87. The Morgan fingerprint density at radius 2 is 2.00 bits per heavy atom. The molecule has 6 rings (SSSR count). The lowest BCUT2D eigenvalue weighted by Crippen LogP contribution is -2.39. The highest BCUT2D eigenvalue weighted by atomic mass is 19.1. The van der Waals surface area contributed by atoms with E-state index in [0.29, 0.717) is 49.4 Å². The second kappa shape index (κ2) is 9.25. The lowest BCUT2D eigenvalue weighted by Gasteiger charge is -2.33. The number of aromatic nitrogens is 3. The van der Waals surface area contributed by atoms with E-state index in [9.17, 15) is 14.0 Å². The highest BCUT2D eigenvalue weighted by Gasteiger charge is 2.31. The average molecular weight is 520 g/mol. The van der Waals surface area contributed by atoms with Crippen molar-refractivity contribution in [2.45, 2.75) is 25.8 Å².